The van der Waals surface area contributed by atoms with Crippen LogP contribution in [0.4, 0.5) is 5.00 Å². The number of rotatable bonds is 6. The first-order valence-corrected chi connectivity index (χ1v) is 8.54. The average Bonchev–Trinajstić information content (AvgIpc) is 2.96. The summed E-state index contributed by atoms with van der Waals surface area (Å²) in [6, 6.07) is 2.29. The lowest BCUT2D eigenvalue weighted by molar-refractivity contribution is -0.123. The Hall–Kier alpha value is -1.91. The predicted octanol–water partition coefficient (Wildman–Crippen LogP) is 1.50. The molecule has 7 heteroatoms. The van der Waals surface area contributed by atoms with E-state index in [1.807, 2.05) is 13.8 Å². The topological polar surface area (TPSA) is 85.2 Å². The highest BCUT2D eigenvalue weighted by Crippen LogP contribution is 2.38. The van der Waals surface area contributed by atoms with Crippen molar-refractivity contribution in [2.75, 3.05) is 25.5 Å². The minimum Gasteiger partial charge on any atom is -0.353 e. The molecule has 0 radical (unpaired) electrons. The molecule has 0 spiro atoms. The van der Waals surface area contributed by atoms with E-state index in [0.717, 1.165) is 24.8 Å². The molecule has 0 aromatic carbocycles. The van der Waals surface area contributed by atoms with Crippen LogP contribution in [0.3, 0.4) is 0 Å². The van der Waals surface area contributed by atoms with E-state index in [1.165, 1.54) is 16.2 Å². The number of carbonyl (C=O) groups excluding carboxylic acids is 2. The molecule has 124 valence electrons. The van der Waals surface area contributed by atoms with Crippen molar-refractivity contribution in [3.8, 4) is 6.07 Å². The number of nitrogens with one attached hydrogen (secondary N) is 2. The lowest BCUT2D eigenvalue weighted by Crippen LogP contribution is -2.41. The average molecular weight is 334 g/mol. The van der Waals surface area contributed by atoms with Crippen LogP contribution in [0.2, 0.25) is 0 Å². The van der Waals surface area contributed by atoms with Gasteiger partial charge in [-0.05, 0) is 45.7 Å². The van der Waals surface area contributed by atoms with Gasteiger partial charge in [-0.25, -0.2) is 0 Å². The molecule has 6 nitrogen and oxygen atoms in total. The van der Waals surface area contributed by atoms with Crippen molar-refractivity contribution in [2.24, 2.45) is 0 Å². The van der Waals surface area contributed by atoms with E-state index in [2.05, 4.69) is 16.7 Å². The molecule has 0 unspecified atom stereocenters. The van der Waals surface area contributed by atoms with Crippen molar-refractivity contribution in [3.05, 3.63) is 16.0 Å². The van der Waals surface area contributed by atoms with Crippen LogP contribution >= 0.6 is 11.3 Å². The number of fused-ring (bicyclic) bond motifs is 1. The number of carbonyl (C=O) groups is 2. The summed E-state index contributed by atoms with van der Waals surface area (Å²) < 4.78 is 0. The molecule has 2 amide bonds. The van der Waals surface area contributed by atoms with E-state index in [9.17, 15) is 14.9 Å². The smallest absolute Gasteiger partial charge is 0.239 e. The summed E-state index contributed by atoms with van der Waals surface area (Å²) in [5.41, 5.74) is 1.70. The molecule has 0 atom stereocenters. The van der Waals surface area contributed by atoms with Gasteiger partial charge in [0.2, 0.25) is 11.8 Å². The number of nitrogens with zero attached hydrogens (tertiary/aromatic N) is 2. The third kappa shape index (κ3) is 4.53. The van der Waals surface area contributed by atoms with Crippen LogP contribution in [0.25, 0.3) is 0 Å². The second-order valence-corrected chi connectivity index (χ2v) is 7.22. The van der Waals surface area contributed by atoms with Crippen LogP contribution in [-0.4, -0.2) is 42.9 Å². The van der Waals surface area contributed by atoms with Gasteiger partial charge in [0.15, 0.2) is 0 Å². The Morgan fingerprint density at radius 2 is 2.00 bits per heavy atom. The van der Waals surface area contributed by atoms with E-state index in [1.54, 1.807) is 11.9 Å². The summed E-state index contributed by atoms with van der Waals surface area (Å²) in [7, 11) is 1.72. The highest BCUT2D eigenvalue weighted by molar-refractivity contribution is 7.16. The van der Waals surface area contributed by atoms with Crippen molar-refractivity contribution in [1.29, 1.82) is 5.26 Å². The maximum absolute atomic E-state index is 12.1. The molecule has 0 bridgehead atoms. The van der Waals surface area contributed by atoms with Gasteiger partial charge >= 0.3 is 0 Å². The summed E-state index contributed by atoms with van der Waals surface area (Å²) in [6.07, 6.45) is 2.98. The number of anilines is 1. The zero-order chi connectivity index (χ0) is 17.0. The molecule has 1 heterocycles. The molecule has 2 rings (SSSR count). The molecule has 0 saturated carbocycles. The first kappa shape index (κ1) is 17.4. The zero-order valence-electron chi connectivity index (χ0n) is 13.7. The van der Waals surface area contributed by atoms with Gasteiger partial charge in [-0.3, -0.25) is 14.5 Å². The second-order valence-electron chi connectivity index (χ2n) is 6.12. The highest BCUT2D eigenvalue weighted by atomic mass is 32.1. The van der Waals surface area contributed by atoms with Gasteiger partial charge in [0.1, 0.15) is 11.1 Å². The molecule has 23 heavy (non-hydrogen) atoms. The third-order valence-corrected chi connectivity index (χ3v) is 4.77. The molecule has 1 aromatic rings. The molecule has 1 aliphatic rings. The SMILES string of the molecule is CC(C)NC(=O)CN(C)CC(=O)Nc1sc2c(c1C#N)CCC2. The molecule has 0 fully saturated rings. The lowest BCUT2D eigenvalue weighted by atomic mass is 10.1. The summed E-state index contributed by atoms with van der Waals surface area (Å²) in [5, 5.41) is 15.6. The fourth-order valence-corrected chi connectivity index (χ4v) is 3.95. The lowest BCUT2D eigenvalue weighted by Gasteiger charge is -2.16. The minimum absolute atomic E-state index is 0.0800. The fourth-order valence-electron chi connectivity index (χ4n) is 2.69. The fraction of sp³-hybridized carbons (Fsp3) is 0.562. The molecule has 1 aliphatic carbocycles. The summed E-state index contributed by atoms with van der Waals surface area (Å²) in [6.45, 7) is 4.06. The largest absolute Gasteiger partial charge is 0.353 e. The van der Waals surface area contributed by atoms with Crippen molar-refractivity contribution in [3.63, 3.8) is 0 Å². The van der Waals surface area contributed by atoms with E-state index in [4.69, 9.17) is 0 Å². The van der Waals surface area contributed by atoms with Gasteiger partial charge in [0.05, 0.1) is 18.7 Å². The number of hydrogen-bond donors (Lipinski definition) is 2. The van der Waals surface area contributed by atoms with Gasteiger partial charge in [0.25, 0.3) is 0 Å². The van der Waals surface area contributed by atoms with Crippen LogP contribution in [0.15, 0.2) is 0 Å². The number of hydrogen-bond acceptors (Lipinski definition) is 5. The van der Waals surface area contributed by atoms with Crippen LogP contribution in [-0.2, 0) is 22.4 Å². The van der Waals surface area contributed by atoms with Crippen LogP contribution in [0, 0.1) is 11.3 Å². The number of aryl methyl sites for hydroxylation is 1. The van der Waals surface area contributed by atoms with Gasteiger partial charge in [-0.15, -0.1) is 11.3 Å². The third-order valence-electron chi connectivity index (χ3n) is 3.56. The molecule has 1 aromatic heterocycles. The highest BCUT2D eigenvalue weighted by Gasteiger charge is 2.23. The maximum atomic E-state index is 12.1. The summed E-state index contributed by atoms with van der Waals surface area (Å²) >= 11 is 1.50. The maximum Gasteiger partial charge on any atom is 0.239 e. The first-order valence-electron chi connectivity index (χ1n) is 7.73. The normalized spacial score (nSPS) is 13.0. The molecular weight excluding hydrogens is 312 g/mol. The van der Waals surface area contributed by atoms with E-state index >= 15 is 0 Å². The van der Waals surface area contributed by atoms with Gasteiger partial charge in [0, 0.05) is 10.9 Å². The van der Waals surface area contributed by atoms with E-state index in [-0.39, 0.29) is 30.9 Å². The quantitative estimate of drug-likeness (QED) is 0.826. The number of likely N-dealkylation sites (N-methyl/N-ethyl adjacent to an activating group) is 1. The van der Waals surface area contributed by atoms with Crippen LogP contribution in [0.5, 0.6) is 0 Å². The predicted molar refractivity (Wildman–Crippen MR) is 90.5 cm³/mol. The number of amides is 2. The number of nitriles is 1. The first-order chi connectivity index (χ1) is 10.9. The van der Waals surface area contributed by atoms with Crippen molar-refractivity contribution >= 4 is 28.2 Å². The van der Waals surface area contributed by atoms with Crippen molar-refractivity contribution in [2.45, 2.75) is 39.2 Å². The van der Waals surface area contributed by atoms with Crippen molar-refractivity contribution in [1.82, 2.24) is 10.2 Å². The van der Waals surface area contributed by atoms with Crippen LogP contribution < -0.4 is 10.6 Å². The second kappa shape index (κ2) is 7.57. The summed E-state index contributed by atoms with van der Waals surface area (Å²) in [5.74, 6) is -0.315. The van der Waals surface area contributed by atoms with Crippen molar-refractivity contribution < 1.29 is 9.59 Å². The van der Waals surface area contributed by atoms with Gasteiger partial charge < -0.3 is 10.6 Å². The Labute approximate surface area is 140 Å². The van der Waals surface area contributed by atoms with E-state index in [0.29, 0.717) is 10.6 Å². The molecule has 2 N–H and O–H groups in total. The molecule has 0 saturated heterocycles. The Bertz CT molecular complexity index is 645. The van der Waals surface area contributed by atoms with Gasteiger partial charge in [-0.2, -0.15) is 5.26 Å². The minimum atomic E-state index is -0.207. The van der Waals surface area contributed by atoms with E-state index < -0.39 is 0 Å². The standard InChI is InChI=1S/C16H22N4O2S/c1-10(2)18-14(21)8-20(3)9-15(22)19-16-12(7-17)11-5-4-6-13(11)23-16/h10H,4-6,8-9H2,1-3H3,(H,18,21)(H,19,22). The molecule has 0 aliphatic heterocycles. The molecular formula is C16H22N4O2S. The monoisotopic (exact) mass is 334 g/mol. The Morgan fingerprint density at radius 1 is 1.30 bits per heavy atom. The Morgan fingerprint density at radius 3 is 2.65 bits per heavy atom. The zero-order valence-corrected chi connectivity index (χ0v) is 14.5. The van der Waals surface area contributed by atoms with Crippen LogP contribution in [0.1, 0.15) is 36.3 Å². The Kier molecular flexibility index (Phi) is 5.74. The summed E-state index contributed by atoms with van der Waals surface area (Å²) in [4.78, 5) is 26.7. The van der Waals surface area contributed by atoms with Gasteiger partial charge in [-0.1, -0.05) is 0 Å². The Balaban J connectivity index is 1.90. The number of thiophene rings is 1.